The number of hydrogen-bond acceptors (Lipinski definition) is 1. The average Bonchev–Trinajstić information content (AvgIpc) is 3.74. The maximum absolute atomic E-state index is 9.88. The number of benzene rings is 7. The Kier molecular flexibility index (Phi) is 4.59. The molecule has 1 spiro atoms. The SMILES string of the molecule is N#Cc1ccc2c(c1)-c1ccccc1C21c2ccccc2-n2c3cc4c5ccccc5n(-c5ccccc5)c4cc3c3cccc1c32. The van der Waals surface area contributed by atoms with Gasteiger partial charge in [-0.2, -0.15) is 5.26 Å². The summed E-state index contributed by atoms with van der Waals surface area (Å²) < 4.78 is 4.92. The van der Waals surface area contributed by atoms with E-state index in [1.165, 1.54) is 77.1 Å². The van der Waals surface area contributed by atoms with Crippen LogP contribution >= 0.6 is 0 Å². The molecule has 1 aliphatic carbocycles. The zero-order valence-electron chi connectivity index (χ0n) is 25.3. The molecule has 0 radical (unpaired) electrons. The van der Waals surface area contributed by atoms with Crippen molar-refractivity contribution in [3.8, 4) is 28.6 Å². The molecule has 0 bridgehead atoms. The van der Waals surface area contributed by atoms with Crippen LogP contribution in [0.1, 0.15) is 27.8 Å². The van der Waals surface area contributed by atoms with Crippen LogP contribution in [0.2, 0.25) is 0 Å². The van der Waals surface area contributed by atoms with E-state index in [0.717, 1.165) is 11.3 Å². The third-order valence-electron chi connectivity index (χ3n) is 10.7. The van der Waals surface area contributed by atoms with Gasteiger partial charge in [0.1, 0.15) is 0 Å². The Morgan fingerprint density at radius 1 is 0.447 bits per heavy atom. The van der Waals surface area contributed by atoms with Crippen LogP contribution in [0.25, 0.3) is 66.1 Å². The molecule has 1 unspecified atom stereocenters. The fraction of sp³-hybridized carbons (Fsp3) is 0.0227. The number of rotatable bonds is 1. The van der Waals surface area contributed by atoms with Crippen LogP contribution < -0.4 is 0 Å². The molecular formula is C44H25N3. The van der Waals surface area contributed by atoms with Crippen LogP contribution in [0.5, 0.6) is 0 Å². The van der Waals surface area contributed by atoms with Crippen molar-refractivity contribution in [2.75, 3.05) is 0 Å². The highest BCUT2D eigenvalue weighted by molar-refractivity contribution is 6.20. The molecule has 1 atom stereocenters. The molecule has 2 aromatic heterocycles. The van der Waals surface area contributed by atoms with E-state index in [1.54, 1.807) is 0 Å². The van der Waals surface area contributed by atoms with Gasteiger partial charge in [0.2, 0.25) is 0 Å². The van der Waals surface area contributed by atoms with Crippen molar-refractivity contribution in [3.05, 3.63) is 179 Å². The van der Waals surface area contributed by atoms with Gasteiger partial charge in [0, 0.05) is 27.2 Å². The van der Waals surface area contributed by atoms with Crippen molar-refractivity contribution >= 4 is 43.6 Å². The lowest BCUT2D eigenvalue weighted by molar-refractivity contribution is 0.748. The lowest BCUT2D eigenvalue weighted by Gasteiger charge is -2.39. The average molecular weight is 596 g/mol. The number of nitriles is 1. The van der Waals surface area contributed by atoms with Gasteiger partial charge < -0.3 is 9.13 Å². The molecule has 1 aliphatic heterocycles. The Labute approximate surface area is 270 Å². The van der Waals surface area contributed by atoms with Gasteiger partial charge >= 0.3 is 0 Å². The smallest absolute Gasteiger partial charge is 0.0991 e. The molecule has 0 amide bonds. The van der Waals surface area contributed by atoms with Gasteiger partial charge in [-0.15, -0.1) is 0 Å². The minimum absolute atomic E-state index is 0.508. The lowest BCUT2D eigenvalue weighted by atomic mass is 9.65. The van der Waals surface area contributed by atoms with E-state index in [2.05, 4.69) is 161 Å². The van der Waals surface area contributed by atoms with Gasteiger partial charge in [-0.05, 0) is 81.9 Å². The summed E-state index contributed by atoms with van der Waals surface area (Å²) in [6.07, 6.45) is 0. The van der Waals surface area contributed by atoms with Crippen molar-refractivity contribution < 1.29 is 0 Å². The summed E-state index contributed by atoms with van der Waals surface area (Å²) in [5, 5.41) is 14.9. The van der Waals surface area contributed by atoms with E-state index in [-0.39, 0.29) is 0 Å². The molecule has 0 fully saturated rings. The number of aromatic nitrogens is 2. The van der Waals surface area contributed by atoms with Crippen molar-refractivity contribution in [1.29, 1.82) is 5.26 Å². The van der Waals surface area contributed by atoms with Gasteiger partial charge in [-0.3, -0.25) is 0 Å². The van der Waals surface area contributed by atoms with E-state index >= 15 is 0 Å². The zero-order valence-corrected chi connectivity index (χ0v) is 25.3. The largest absolute Gasteiger partial charge is 0.309 e. The Morgan fingerprint density at radius 3 is 1.98 bits per heavy atom. The molecule has 3 heterocycles. The standard InChI is InChI=1S/C44H25N3/c45-26-27-21-22-36-32(23-27)29-13-4-6-16-35(29)44(36)37-17-7-9-20-40(37)47-42-24-33-30-14-5-8-19-39(30)46(28-11-2-1-3-12-28)41(33)25-34(42)31-15-10-18-38(44)43(31)47/h1-25H. The fourth-order valence-electron chi connectivity index (χ4n) is 9.00. The van der Waals surface area contributed by atoms with Crippen LogP contribution in [-0.2, 0) is 5.41 Å². The molecule has 9 aromatic rings. The monoisotopic (exact) mass is 595 g/mol. The van der Waals surface area contributed by atoms with Crippen LogP contribution in [-0.4, -0.2) is 9.13 Å². The van der Waals surface area contributed by atoms with E-state index in [9.17, 15) is 5.26 Å². The summed E-state index contributed by atoms with van der Waals surface area (Å²) in [6, 6.07) is 57.5. The van der Waals surface area contributed by atoms with Crippen LogP contribution in [0.3, 0.4) is 0 Å². The third-order valence-corrected chi connectivity index (χ3v) is 10.7. The Hall–Kier alpha value is -6.37. The van der Waals surface area contributed by atoms with Crippen LogP contribution in [0, 0.1) is 11.3 Å². The second-order valence-corrected chi connectivity index (χ2v) is 12.8. The lowest BCUT2D eigenvalue weighted by Crippen LogP contribution is -2.33. The summed E-state index contributed by atoms with van der Waals surface area (Å²) in [6.45, 7) is 0. The van der Waals surface area contributed by atoms with Crippen molar-refractivity contribution in [2.45, 2.75) is 5.41 Å². The van der Waals surface area contributed by atoms with Crippen molar-refractivity contribution in [3.63, 3.8) is 0 Å². The van der Waals surface area contributed by atoms with Gasteiger partial charge in [0.25, 0.3) is 0 Å². The van der Waals surface area contributed by atoms with Crippen molar-refractivity contribution in [1.82, 2.24) is 9.13 Å². The molecule has 0 saturated carbocycles. The molecule has 11 rings (SSSR count). The van der Waals surface area contributed by atoms with E-state index in [1.807, 2.05) is 6.07 Å². The van der Waals surface area contributed by atoms with Gasteiger partial charge in [-0.25, -0.2) is 0 Å². The van der Waals surface area contributed by atoms with Gasteiger partial charge in [-0.1, -0.05) is 103 Å². The maximum Gasteiger partial charge on any atom is 0.0991 e. The zero-order chi connectivity index (χ0) is 30.9. The van der Waals surface area contributed by atoms with Gasteiger partial charge in [0.05, 0.1) is 44.8 Å². The molecule has 3 heteroatoms. The quantitative estimate of drug-likeness (QED) is 0.186. The molecule has 7 aromatic carbocycles. The number of hydrogen-bond donors (Lipinski definition) is 0. The molecule has 3 nitrogen and oxygen atoms in total. The predicted molar refractivity (Wildman–Crippen MR) is 191 cm³/mol. The van der Waals surface area contributed by atoms with Gasteiger partial charge in [0.15, 0.2) is 0 Å². The van der Waals surface area contributed by atoms with E-state index < -0.39 is 5.41 Å². The van der Waals surface area contributed by atoms with Crippen molar-refractivity contribution in [2.24, 2.45) is 0 Å². The summed E-state index contributed by atoms with van der Waals surface area (Å²) in [7, 11) is 0. The number of para-hydroxylation sites is 4. The van der Waals surface area contributed by atoms with E-state index in [0.29, 0.717) is 5.56 Å². The minimum Gasteiger partial charge on any atom is -0.309 e. The summed E-state index contributed by atoms with van der Waals surface area (Å²) in [5.41, 5.74) is 14.8. The molecule has 2 aliphatic rings. The predicted octanol–water partition coefficient (Wildman–Crippen LogP) is 10.4. The first-order chi connectivity index (χ1) is 23.3. The van der Waals surface area contributed by atoms with E-state index in [4.69, 9.17) is 0 Å². The minimum atomic E-state index is -0.508. The first-order valence-corrected chi connectivity index (χ1v) is 16.1. The molecule has 0 N–H and O–H groups in total. The highest BCUT2D eigenvalue weighted by Crippen LogP contribution is 2.61. The first kappa shape index (κ1) is 24.9. The topological polar surface area (TPSA) is 33.6 Å². The van der Waals surface area contributed by atoms with Crippen LogP contribution in [0.15, 0.2) is 152 Å². The number of fused-ring (bicyclic) bond motifs is 15. The molecular weight excluding hydrogens is 571 g/mol. The second kappa shape index (κ2) is 8.66. The summed E-state index contributed by atoms with van der Waals surface area (Å²) in [5.74, 6) is 0. The summed E-state index contributed by atoms with van der Waals surface area (Å²) >= 11 is 0. The first-order valence-electron chi connectivity index (χ1n) is 16.1. The maximum atomic E-state index is 9.88. The van der Waals surface area contributed by atoms with Crippen LogP contribution in [0.4, 0.5) is 0 Å². The highest BCUT2D eigenvalue weighted by atomic mass is 15.0. The third kappa shape index (κ3) is 2.88. The fourth-order valence-corrected chi connectivity index (χ4v) is 9.00. The summed E-state index contributed by atoms with van der Waals surface area (Å²) in [4.78, 5) is 0. The molecule has 47 heavy (non-hydrogen) atoms. The second-order valence-electron chi connectivity index (χ2n) is 12.8. The Balaban J connectivity index is 1.34. The highest BCUT2D eigenvalue weighted by Gasteiger charge is 2.50. The Bertz CT molecular complexity index is 2860. The number of nitrogens with zero attached hydrogens (tertiary/aromatic N) is 3. The Morgan fingerprint density at radius 2 is 1.11 bits per heavy atom. The molecule has 216 valence electrons. The molecule has 0 saturated heterocycles. The normalized spacial score (nSPS) is 15.7.